The van der Waals surface area contributed by atoms with Crippen LogP contribution in [0.5, 0.6) is 0 Å². The molecule has 0 fully saturated rings. The van der Waals surface area contributed by atoms with Crippen molar-refractivity contribution in [2.24, 2.45) is 0 Å². The molecule has 0 spiro atoms. The highest BCUT2D eigenvalue weighted by Gasteiger charge is 2.24. The molecule has 100 valence electrons. The summed E-state index contributed by atoms with van der Waals surface area (Å²) in [6.45, 7) is 1.41. The molecule has 1 atom stereocenters. The average molecular weight is 273 g/mol. The van der Waals surface area contributed by atoms with E-state index >= 15 is 0 Å². The standard InChI is InChI=1S/C10H15N3O4S/c1-7(10(15)13(2)3)12-18(16,17)9-6-11-5-4-8(9)14/h4-7,12H,1-3H3,(H,11,14). The maximum atomic E-state index is 11.9. The first-order valence-corrected chi connectivity index (χ1v) is 6.64. The summed E-state index contributed by atoms with van der Waals surface area (Å²) in [5, 5.41) is 0. The van der Waals surface area contributed by atoms with Gasteiger partial charge in [-0.2, -0.15) is 4.72 Å². The third-order valence-electron chi connectivity index (χ3n) is 2.22. The van der Waals surface area contributed by atoms with Crippen LogP contribution in [0, 0.1) is 0 Å². The zero-order valence-electron chi connectivity index (χ0n) is 10.3. The first-order valence-electron chi connectivity index (χ1n) is 5.16. The number of sulfonamides is 1. The van der Waals surface area contributed by atoms with E-state index in [1.54, 1.807) is 0 Å². The predicted molar refractivity (Wildman–Crippen MR) is 65.5 cm³/mol. The molecular formula is C10H15N3O4S. The summed E-state index contributed by atoms with van der Waals surface area (Å²) in [4.78, 5) is 26.3. The van der Waals surface area contributed by atoms with Crippen LogP contribution in [0.4, 0.5) is 0 Å². The third kappa shape index (κ3) is 3.17. The van der Waals surface area contributed by atoms with E-state index in [0.717, 1.165) is 12.3 Å². The number of amides is 1. The van der Waals surface area contributed by atoms with Crippen LogP contribution in [0.15, 0.2) is 28.2 Å². The fourth-order valence-electron chi connectivity index (χ4n) is 1.34. The molecule has 1 heterocycles. The van der Waals surface area contributed by atoms with E-state index < -0.39 is 32.3 Å². The Morgan fingerprint density at radius 3 is 2.56 bits per heavy atom. The number of carbonyl (C=O) groups excluding carboxylic acids is 1. The maximum absolute atomic E-state index is 11.9. The van der Waals surface area contributed by atoms with Crippen molar-refractivity contribution in [3.8, 4) is 0 Å². The third-order valence-corrected chi connectivity index (χ3v) is 3.78. The minimum atomic E-state index is -4.01. The van der Waals surface area contributed by atoms with Crippen LogP contribution >= 0.6 is 0 Å². The van der Waals surface area contributed by atoms with Crippen molar-refractivity contribution in [3.05, 3.63) is 28.7 Å². The van der Waals surface area contributed by atoms with E-state index in [9.17, 15) is 18.0 Å². The Morgan fingerprint density at radius 1 is 1.44 bits per heavy atom. The average Bonchev–Trinajstić information content (AvgIpc) is 2.27. The largest absolute Gasteiger partial charge is 0.366 e. The summed E-state index contributed by atoms with van der Waals surface area (Å²) in [5.74, 6) is -0.397. The summed E-state index contributed by atoms with van der Waals surface area (Å²) in [5.41, 5.74) is -0.634. The lowest BCUT2D eigenvalue weighted by Gasteiger charge is -2.17. The van der Waals surface area contributed by atoms with Crippen LogP contribution in [-0.2, 0) is 14.8 Å². The number of likely N-dealkylation sites (N-methyl/N-ethyl adjacent to an activating group) is 1. The van der Waals surface area contributed by atoms with Gasteiger partial charge in [-0.05, 0) is 6.92 Å². The van der Waals surface area contributed by atoms with Gasteiger partial charge in [0.05, 0.1) is 6.04 Å². The van der Waals surface area contributed by atoms with Gasteiger partial charge in [0, 0.05) is 32.6 Å². The van der Waals surface area contributed by atoms with E-state index in [0.29, 0.717) is 0 Å². The van der Waals surface area contributed by atoms with Crippen LogP contribution < -0.4 is 10.2 Å². The number of hydrogen-bond donors (Lipinski definition) is 2. The molecule has 0 aliphatic rings. The highest BCUT2D eigenvalue weighted by atomic mass is 32.2. The molecule has 2 N–H and O–H groups in total. The molecule has 18 heavy (non-hydrogen) atoms. The Hall–Kier alpha value is -1.67. The smallest absolute Gasteiger partial charge is 0.246 e. The molecule has 1 unspecified atom stereocenters. The molecule has 7 nitrogen and oxygen atoms in total. The van der Waals surface area contributed by atoms with Crippen molar-refractivity contribution in [3.63, 3.8) is 0 Å². The normalized spacial score (nSPS) is 13.1. The van der Waals surface area contributed by atoms with E-state index in [1.807, 2.05) is 0 Å². The first kappa shape index (κ1) is 14.4. The minimum absolute atomic E-state index is 0.397. The van der Waals surface area contributed by atoms with Gasteiger partial charge in [0.1, 0.15) is 4.90 Å². The second-order valence-corrected chi connectivity index (χ2v) is 5.63. The Kier molecular flexibility index (Phi) is 4.25. The summed E-state index contributed by atoms with van der Waals surface area (Å²) in [6, 6.07) is 0.164. The summed E-state index contributed by atoms with van der Waals surface area (Å²) in [7, 11) is -0.977. The lowest BCUT2D eigenvalue weighted by molar-refractivity contribution is -0.130. The molecule has 0 radical (unpaired) electrons. The molecule has 0 saturated heterocycles. The van der Waals surface area contributed by atoms with Gasteiger partial charge >= 0.3 is 0 Å². The number of aromatic nitrogens is 1. The van der Waals surface area contributed by atoms with Crippen molar-refractivity contribution in [1.29, 1.82) is 0 Å². The van der Waals surface area contributed by atoms with Gasteiger partial charge in [-0.25, -0.2) is 8.42 Å². The predicted octanol–water partition coefficient (Wildman–Crippen LogP) is -0.870. The molecule has 1 aromatic heterocycles. The number of hydrogen-bond acceptors (Lipinski definition) is 4. The van der Waals surface area contributed by atoms with E-state index in [-0.39, 0.29) is 0 Å². The first-order chi connectivity index (χ1) is 8.25. The Bertz CT molecular complexity index is 591. The molecule has 1 aromatic rings. The molecule has 0 aromatic carbocycles. The van der Waals surface area contributed by atoms with Crippen molar-refractivity contribution in [1.82, 2.24) is 14.6 Å². The van der Waals surface area contributed by atoms with E-state index in [2.05, 4.69) is 9.71 Å². The number of rotatable bonds is 4. The zero-order chi connectivity index (χ0) is 13.9. The topological polar surface area (TPSA) is 99.3 Å². The van der Waals surface area contributed by atoms with Gasteiger partial charge in [-0.15, -0.1) is 0 Å². The highest BCUT2D eigenvalue weighted by Crippen LogP contribution is 2.02. The molecule has 8 heteroatoms. The summed E-state index contributed by atoms with van der Waals surface area (Å²) in [6.07, 6.45) is 2.41. The quantitative estimate of drug-likeness (QED) is 0.745. The molecule has 0 aliphatic heterocycles. The van der Waals surface area contributed by atoms with Gasteiger partial charge < -0.3 is 9.88 Å². The maximum Gasteiger partial charge on any atom is 0.246 e. The van der Waals surface area contributed by atoms with Crippen LogP contribution in [0.2, 0.25) is 0 Å². The van der Waals surface area contributed by atoms with Gasteiger partial charge in [-0.3, -0.25) is 9.59 Å². The van der Waals surface area contributed by atoms with E-state index in [4.69, 9.17) is 0 Å². The van der Waals surface area contributed by atoms with Crippen molar-refractivity contribution < 1.29 is 13.2 Å². The number of pyridine rings is 1. The minimum Gasteiger partial charge on any atom is -0.366 e. The summed E-state index contributed by atoms with van der Waals surface area (Å²) >= 11 is 0. The fourth-order valence-corrected chi connectivity index (χ4v) is 2.59. The Labute approximate surface area is 105 Å². The van der Waals surface area contributed by atoms with Crippen LogP contribution in [0.25, 0.3) is 0 Å². The molecule has 0 aliphatic carbocycles. The SMILES string of the molecule is CC(NS(=O)(=O)c1c[nH]ccc1=O)C(=O)N(C)C. The zero-order valence-corrected chi connectivity index (χ0v) is 11.1. The molecular weight excluding hydrogens is 258 g/mol. The number of nitrogens with zero attached hydrogens (tertiary/aromatic N) is 1. The number of nitrogens with one attached hydrogen (secondary N) is 2. The Balaban J connectivity index is 3.01. The van der Waals surface area contributed by atoms with Gasteiger partial charge in [-0.1, -0.05) is 0 Å². The van der Waals surface area contributed by atoms with Crippen LogP contribution in [-0.4, -0.2) is 44.3 Å². The second kappa shape index (κ2) is 5.32. The van der Waals surface area contributed by atoms with Gasteiger partial charge in [0.2, 0.25) is 21.4 Å². The van der Waals surface area contributed by atoms with Crippen LogP contribution in [0.3, 0.4) is 0 Å². The highest BCUT2D eigenvalue weighted by molar-refractivity contribution is 7.89. The van der Waals surface area contributed by atoms with Crippen LogP contribution in [0.1, 0.15) is 6.92 Å². The lowest BCUT2D eigenvalue weighted by atomic mass is 10.3. The van der Waals surface area contributed by atoms with Crippen molar-refractivity contribution in [2.45, 2.75) is 17.9 Å². The number of H-pyrrole nitrogens is 1. The van der Waals surface area contributed by atoms with Gasteiger partial charge in [0.25, 0.3) is 0 Å². The molecule has 1 amide bonds. The number of carbonyl (C=O) groups is 1. The van der Waals surface area contributed by atoms with Gasteiger partial charge in [0.15, 0.2) is 0 Å². The second-order valence-electron chi connectivity index (χ2n) is 3.95. The fraction of sp³-hybridized carbons (Fsp3) is 0.400. The monoisotopic (exact) mass is 273 g/mol. The Morgan fingerprint density at radius 2 is 2.06 bits per heavy atom. The van der Waals surface area contributed by atoms with Crippen molar-refractivity contribution >= 4 is 15.9 Å². The van der Waals surface area contributed by atoms with Crippen molar-refractivity contribution in [2.75, 3.05) is 14.1 Å². The van der Waals surface area contributed by atoms with E-state index in [1.165, 1.54) is 32.1 Å². The summed E-state index contributed by atoms with van der Waals surface area (Å²) < 4.78 is 25.9. The lowest BCUT2D eigenvalue weighted by Crippen LogP contribution is -2.45. The molecule has 0 saturated carbocycles. The molecule has 1 rings (SSSR count). The number of aromatic amines is 1. The molecule has 0 bridgehead atoms.